The lowest BCUT2D eigenvalue weighted by Crippen LogP contribution is -2.46. The molecule has 0 aromatic carbocycles. The van der Waals surface area contributed by atoms with E-state index in [1.54, 1.807) is 7.11 Å². The molecule has 20 heavy (non-hydrogen) atoms. The summed E-state index contributed by atoms with van der Waals surface area (Å²) in [5.41, 5.74) is 0. The van der Waals surface area contributed by atoms with Gasteiger partial charge in [0.2, 0.25) is 0 Å². The number of carbonyl (C=O) groups is 1. The van der Waals surface area contributed by atoms with Gasteiger partial charge in [0.25, 0.3) is 0 Å². The summed E-state index contributed by atoms with van der Waals surface area (Å²) in [6.45, 7) is 9.35. The van der Waals surface area contributed by atoms with Crippen LogP contribution in [-0.4, -0.2) is 62.4 Å². The van der Waals surface area contributed by atoms with Crippen LogP contribution in [0.3, 0.4) is 0 Å². The lowest BCUT2D eigenvalue weighted by molar-refractivity contribution is -0.146. The molecule has 2 unspecified atom stereocenters. The molecule has 1 heterocycles. The average molecular weight is 286 g/mol. The molecule has 0 aliphatic carbocycles. The number of nitrogens with zero attached hydrogens (tertiary/aromatic N) is 1. The van der Waals surface area contributed by atoms with Crippen molar-refractivity contribution in [1.29, 1.82) is 0 Å². The predicted molar refractivity (Wildman–Crippen MR) is 79.8 cm³/mol. The molecule has 0 bridgehead atoms. The highest BCUT2D eigenvalue weighted by Gasteiger charge is 2.24. The molecule has 0 saturated carbocycles. The van der Waals surface area contributed by atoms with Gasteiger partial charge in [0.05, 0.1) is 12.7 Å². The van der Waals surface area contributed by atoms with E-state index in [1.807, 2.05) is 20.8 Å². The van der Waals surface area contributed by atoms with Crippen molar-refractivity contribution in [3.8, 4) is 0 Å². The fourth-order valence-electron chi connectivity index (χ4n) is 2.63. The zero-order valence-electron chi connectivity index (χ0n) is 13.4. The molecule has 0 spiro atoms. The van der Waals surface area contributed by atoms with Crippen molar-refractivity contribution in [1.82, 2.24) is 10.2 Å². The van der Waals surface area contributed by atoms with E-state index in [0.29, 0.717) is 12.7 Å². The maximum Gasteiger partial charge on any atom is 0.323 e. The van der Waals surface area contributed by atoms with Crippen molar-refractivity contribution in [2.75, 3.05) is 33.4 Å². The third-order valence-electron chi connectivity index (χ3n) is 3.64. The van der Waals surface area contributed by atoms with Gasteiger partial charge in [-0.05, 0) is 32.7 Å². The third-order valence-corrected chi connectivity index (χ3v) is 3.64. The summed E-state index contributed by atoms with van der Waals surface area (Å²) < 4.78 is 10.6. The van der Waals surface area contributed by atoms with Gasteiger partial charge in [-0.3, -0.25) is 4.79 Å². The van der Waals surface area contributed by atoms with Crippen LogP contribution >= 0.6 is 0 Å². The average Bonchev–Trinajstić information content (AvgIpc) is 2.43. The van der Waals surface area contributed by atoms with Gasteiger partial charge in [-0.15, -0.1) is 0 Å². The van der Waals surface area contributed by atoms with Crippen LogP contribution in [0, 0.1) is 0 Å². The second-order valence-electron chi connectivity index (χ2n) is 5.72. The number of hydrogen-bond donors (Lipinski definition) is 1. The Kier molecular flexibility index (Phi) is 8.11. The molecule has 1 aliphatic rings. The molecule has 0 aromatic heterocycles. The number of esters is 1. The summed E-state index contributed by atoms with van der Waals surface area (Å²) in [6.07, 6.45) is 3.43. The minimum Gasteiger partial charge on any atom is -0.465 e. The second kappa shape index (κ2) is 9.32. The normalized spacial score (nSPS) is 21.9. The monoisotopic (exact) mass is 286 g/mol. The number of piperidine rings is 1. The molecule has 5 heteroatoms. The summed E-state index contributed by atoms with van der Waals surface area (Å²) in [6, 6.07) is 0.0651. The smallest absolute Gasteiger partial charge is 0.323 e. The molecule has 0 amide bonds. The third kappa shape index (κ3) is 6.20. The summed E-state index contributed by atoms with van der Waals surface area (Å²) >= 11 is 0. The predicted octanol–water partition coefficient (Wildman–Crippen LogP) is 1.42. The van der Waals surface area contributed by atoms with Crippen LogP contribution in [0.5, 0.6) is 0 Å². The largest absolute Gasteiger partial charge is 0.465 e. The van der Waals surface area contributed by atoms with E-state index in [2.05, 4.69) is 10.2 Å². The van der Waals surface area contributed by atoms with E-state index in [0.717, 1.165) is 32.5 Å². The van der Waals surface area contributed by atoms with Crippen LogP contribution < -0.4 is 5.32 Å². The Labute approximate surface area is 123 Å². The van der Waals surface area contributed by atoms with Crippen LogP contribution in [0.25, 0.3) is 0 Å². The number of nitrogens with one attached hydrogen (secondary N) is 1. The van der Waals surface area contributed by atoms with E-state index in [1.165, 1.54) is 6.42 Å². The molecule has 0 aromatic rings. The van der Waals surface area contributed by atoms with Crippen LogP contribution in [0.15, 0.2) is 0 Å². The zero-order chi connectivity index (χ0) is 15.0. The van der Waals surface area contributed by atoms with E-state index in [-0.39, 0.29) is 18.1 Å². The Morgan fingerprint density at radius 1 is 1.45 bits per heavy atom. The van der Waals surface area contributed by atoms with Crippen molar-refractivity contribution in [3.63, 3.8) is 0 Å². The van der Waals surface area contributed by atoms with Gasteiger partial charge in [0.1, 0.15) is 6.04 Å². The van der Waals surface area contributed by atoms with Crippen molar-refractivity contribution in [3.05, 3.63) is 0 Å². The Morgan fingerprint density at radius 2 is 2.20 bits per heavy atom. The highest BCUT2D eigenvalue weighted by atomic mass is 16.5. The summed E-state index contributed by atoms with van der Waals surface area (Å²) in [7, 11) is 1.77. The molecule has 118 valence electrons. The highest BCUT2D eigenvalue weighted by molar-refractivity contribution is 5.75. The van der Waals surface area contributed by atoms with Crippen molar-refractivity contribution in [2.45, 2.75) is 58.2 Å². The Balaban J connectivity index is 2.42. The SMILES string of the molecule is CCOC(=O)C(CCN1CCCC(OC)C1)NC(C)C. The van der Waals surface area contributed by atoms with Gasteiger partial charge < -0.3 is 19.7 Å². The fourth-order valence-corrected chi connectivity index (χ4v) is 2.63. The lowest BCUT2D eigenvalue weighted by atomic mass is 10.1. The zero-order valence-corrected chi connectivity index (χ0v) is 13.4. The van der Waals surface area contributed by atoms with Crippen molar-refractivity contribution >= 4 is 5.97 Å². The van der Waals surface area contributed by atoms with Crippen molar-refractivity contribution in [2.24, 2.45) is 0 Å². The first kappa shape index (κ1) is 17.4. The lowest BCUT2D eigenvalue weighted by Gasteiger charge is -2.32. The second-order valence-corrected chi connectivity index (χ2v) is 5.72. The maximum absolute atomic E-state index is 11.9. The Bertz CT molecular complexity index is 284. The quantitative estimate of drug-likeness (QED) is 0.684. The number of likely N-dealkylation sites (tertiary alicyclic amines) is 1. The molecular formula is C15H30N2O3. The van der Waals surface area contributed by atoms with E-state index >= 15 is 0 Å². The highest BCUT2D eigenvalue weighted by Crippen LogP contribution is 2.13. The van der Waals surface area contributed by atoms with Gasteiger partial charge in [0.15, 0.2) is 0 Å². The summed E-state index contributed by atoms with van der Waals surface area (Å²) in [5, 5.41) is 3.30. The molecular weight excluding hydrogens is 256 g/mol. The van der Waals surface area contributed by atoms with Crippen LogP contribution in [0.4, 0.5) is 0 Å². The maximum atomic E-state index is 11.9. The number of carbonyl (C=O) groups excluding carboxylic acids is 1. The standard InChI is InChI=1S/C15H30N2O3/c1-5-20-15(18)14(16-12(2)3)8-10-17-9-6-7-13(11-17)19-4/h12-14,16H,5-11H2,1-4H3. The van der Waals surface area contributed by atoms with E-state index < -0.39 is 0 Å². The van der Waals surface area contributed by atoms with Crippen LogP contribution in [-0.2, 0) is 14.3 Å². The number of rotatable bonds is 8. The number of methoxy groups -OCH3 is 1. The van der Waals surface area contributed by atoms with Gasteiger partial charge in [-0.1, -0.05) is 13.8 Å². The minimum absolute atomic E-state index is 0.137. The van der Waals surface area contributed by atoms with E-state index in [4.69, 9.17) is 9.47 Å². The molecule has 0 radical (unpaired) electrons. The van der Waals surface area contributed by atoms with Crippen molar-refractivity contribution < 1.29 is 14.3 Å². The molecule has 1 aliphatic heterocycles. The topological polar surface area (TPSA) is 50.8 Å². The molecule has 1 rings (SSSR count). The van der Waals surface area contributed by atoms with E-state index in [9.17, 15) is 4.79 Å². The van der Waals surface area contributed by atoms with Gasteiger partial charge in [-0.2, -0.15) is 0 Å². The number of ether oxygens (including phenoxy) is 2. The van der Waals surface area contributed by atoms with Gasteiger partial charge in [0, 0.05) is 26.2 Å². The molecule has 1 saturated heterocycles. The first-order chi connectivity index (χ1) is 9.56. The van der Waals surface area contributed by atoms with Gasteiger partial charge in [-0.25, -0.2) is 0 Å². The Morgan fingerprint density at radius 3 is 2.80 bits per heavy atom. The molecule has 5 nitrogen and oxygen atoms in total. The summed E-state index contributed by atoms with van der Waals surface area (Å²) in [4.78, 5) is 14.3. The van der Waals surface area contributed by atoms with Crippen LogP contribution in [0.2, 0.25) is 0 Å². The first-order valence-electron chi connectivity index (χ1n) is 7.74. The van der Waals surface area contributed by atoms with Gasteiger partial charge >= 0.3 is 5.97 Å². The fraction of sp³-hybridized carbons (Fsp3) is 0.933. The first-order valence-corrected chi connectivity index (χ1v) is 7.74. The Hall–Kier alpha value is -0.650. The molecule has 1 N–H and O–H groups in total. The van der Waals surface area contributed by atoms with Crippen LogP contribution in [0.1, 0.15) is 40.0 Å². The number of hydrogen-bond acceptors (Lipinski definition) is 5. The summed E-state index contributed by atoms with van der Waals surface area (Å²) in [5.74, 6) is -0.137. The minimum atomic E-state index is -0.210. The molecule has 2 atom stereocenters. The molecule has 1 fully saturated rings.